The first-order valence-electron chi connectivity index (χ1n) is 5.84. The van der Waals surface area contributed by atoms with Crippen molar-refractivity contribution in [3.63, 3.8) is 0 Å². The Morgan fingerprint density at radius 1 is 1.53 bits per heavy atom. The van der Waals surface area contributed by atoms with Crippen molar-refractivity contribution in [2.45, 2.75) is 12.6 Å². The summed E-state index contributed by atoms with van der Waals surface area (Å²) in [6, 6.07) is 5.05. The molecule has 0 aliphatic carbocycles. The maximum atomic E-state index is 13.3. The summed E-state index contributed by atoms with van der Waals surface area (Å²) in [6.07, 6.45) is 0. The van der Waals surface area contributed by atoms with Crippen LogP contribution in [0.2, 0.25) is 0 Å². The van der Waals surface area contributed by atoms with Crippen molar-refractivity contribution < 1.29 is 4.39 Å². The lowest BCUT2D eigenvalue weighted by Crippen LogP contribution is -2.30. The lowest BCUT2D eigenvalue weighted by Gasteiger charge is -2.26. The molecule has 0 bridgehead atoms. The third kappa shape index (κ3) is 3.60. The van der Waals surface area contributed by atoms with Crippen LogP contribution < -0.4 is 5.73 Å². The summed E-state index contributed by atoms with van der Waals surface area (Å²) in [5, 5.41) is 2.02. The number of benzene rings is 1. The van der Waals surface area contributed by atoms with Gasteiger partial charge in [0, 0.05) is 24.5 Å². The molecule has 19 heavy (non-hydrogen) atoms. The fourth-order valence-electron chi connectivity index (χ4n) is 1.97. The quantitative estimate of drug-likeness (QED) is 0.906. The topological polar surface area (TPSA) is 42.2 Å². The second-order valence-electron chi connectivity index (χ2n) is 4.32. The molecule has 0 radical (unpaired) electrons. The van der Waals surface area contributed by atoms with Gasteiger partial charge in [-0.1, -0.05) is 6.07 Å². The summed E-state index contributed by atoms with van der Waals surface area (Å²) in [5.74, 6) is -0.262. The van der Waals surface area contributed by atoms with Crippen LogP contribution in [0.4, 0.5) is 4.39 Å². The van der Waals surface area contributed by atoms with Gasteiger partial charge in [-0.25, -0.2) is 9.37 Å². The number of hydrogen-bond donors (Lipinski definition) is 1. The molecule has 1 unspecified atom stereocenters. The van der Waals surface area contributed by atoms with Gasteiger partial charge in [0.15, 0.2) is 0 Å². The highest BCUT2D eigenvalue weighted by Crippen LogP contribution is 2.25. The molecule has 0 amide bonds. The molecule has 2 N–H and O–H groups in total. The highest BCUT2D eigenvalue weighted by molar-refractivity contribution is 9.10. The van der Waals surface area contributed by atoms with Crippen molar-refractivity contribution in [3.8, 4) is 0 Å². The Balaban J connectivity index is 2.16. The van der Waals surface area contributed by atoms with E-state index in [0.29, 0.717) is 11.0 Å². The molecule has 1 aromatic heterocycles. The van der Waals surface area contributed by atoms with Crippen molar-refractivity contribution in [2.75, 3.05) is 13.6 Å². The van der Waals surface area contributed by atoms with Gasteiger partial charge in [0.05, 0.1) is 15.7 Å². The molecule has 3 nitrogen and oxygen atoms in total. The lowest BCUT2D eigenvalue weighted by atomic mass is 10.1. The summed E-state index contributed by atoms with van der Waals surface area (Å²) in [4.78, 5) is 6.38. The van der Waals surface area contributed by atoms with Crippen molar-refractivity contribution >= 4 is 27.3 Å². The van der Waals surface area contributed by atoms with Crippen LogP contribution in [0.25, 0.3) is 0 Å². The van der Waals surface area contributed by atoms with Crippen molar-refractivity contribution in [1.82, 2.24) is 9.88 Å². The van der Waals surface area contributed by atoms with Gasteiger partial charge in [0.1, 0.15) is 5.82 Å². The molecule has 0 spiro atoms. The van der Waals surface area contributed by atoms with E-state index < -0.39 is 0 Å². The van der Waals surface area contributed by atoms with E-state index in [0.717, 1.165) is 17.8 Å². The fraction of sp³-hybridized carbons (Fsp3) is 0.308. The molecule has 0 aliphatic rings. The number of nitrogens with two attached hydrogens (primary N) is 1. The van der Waals surface area contributed by atoms with E-state index in [1.807, 2.05) is 17.9 Å². The summed E-state index contributed by atoms with van der Waals surface area (Å²) < 4.78 is 13.7. The average Bonchev–Trinajstić information content (AvgIpc) is 2.87. The zero-order valence-corrected chi connectivity index (χ0v) is 12.9. The molecule has 1 heterocycles. The normalized spacial score (nSPS) is 12.9. The maximum Gasteiger partial charge on any atom is 0.137 e. The minimum absolute atomic E-state index is 0.0404. The van der Waals surface area contributed by atoms with E-state index in [9.17, 15) is 4.39 Å². The second-order valence-corrected chi connectivity index (χ2v) is 5.89. The molecule has 6 heteroatoms. The van der Waals surface area contributed by atoms with Crippen molar-refractivity contribution in [3.05, 3.63) is 50.6 Å². The first-order valence-corrected chi connectivity index (χ1v) is 7.57. The Morgan fingerprint density at radius 2 is 2.32 bits per heavy atom. The number of hydrogen-bond acceptors (Lipinski definition) is 4. The van der Waals surface area contributed by atoms with E-state index >= 15 is 0 Å². The van der Waals surface area contributed by atoms with E-state index in [1.54, 1.807) is 23.5 Å². The summed E-state index contributed by atoms with van der Waals surface area (Å²) in [7, 11) is 1.99. The highest BCUT2D eigenvalue weighted by Gasteiger charge is 2.17. The monoisotopic (exact) mass is 343 g/mol. The summed E-state index contributed by atoms with van der Waals surface area (Å²) >= 11 is 4.78. The smallest absolute Gasteiger partial charge is 0.137 e. The van der Waals surface area contributed by atoms with Gasteiger partial charge in [-0.05, 0) is 40.7 Å². The Labute approximate surface area is 124 Å². The van der Waals surface area contributed by atoms with Crippen LogP contribution in [-0.2, 0) is 6.54 Å². The largest absolute Gasteiger partial charge is 0.329 e. The maximum absolute atomic E-state index is 13.3. The number of thiazole rings is 1. The highest BCUT2D eigenvalue weighted by atomic mass is 79.9. The lowest BCUT2D eigenvalue weighted by molar-refractivity contribution is 0.239. The number of aromatic nitrogens is 1. The van der Waals surface area contributed by atoms with Gasteiger partial charge in [-0.2, -0.15) is 0 Å². The number of halogens is 2. The summed E-state index contributed by atoms with van der Waals surface area (Å²) in [5.41, 5.74) is 9.68. The molecule has 1 atom stereocenters. The Hall–Kier alpha value is -0.820. The molecule has 0 saturated heterocycles. The van der Waals surface area contributed by atoms with Gasteiger partial charge in [-0.3, -0.25) is 4.90 Å². The predicted molar refractivity (Wildman–Crippen MR) is 79.5 cm³/mol. The second kappa shape index (κ2) is 6.56. The van der Waals surface area contributed by atoms with Gasteiger partial charge >= 0.3 is 0 Å². The molecular weight excluding hydrogens is 329 g/mol. The van der Waals surface area contributed by atoms with E-state index in [4.69, 9.17) is 5.73 Å². The predicted octanol–water partition coefficient (Wildman–Crippen LogP) is 3.18. The van der Waals surface area contributed by atoms with Crippen LogP contribution in [0, 0.1) is 5.82 Å². The first-order chi connectivity index (χ1) is 9.11. The molecule has 1 aromatic carbocycles. The fourth-order valence-corrected chi connectivity index (χ4v) is 2.92. The van der Waals surface area contributed by atoms with Gasteiger partial charge in [0.25, 0.3) is 0 Å². The van der Waals surface area contributed by atoms with Crippen LogP contribution in [0.3, 0.4) is 0 Å². The van der Waals surface area contributed by atoms with Crippen molar-refractivity contribution in [2.24, 2.45) is 5.73 Å². The average molecular weight is 344 g/mol. The minimum atomic E-state index is -0.262. The van der Waals surface area contributed by atoms with Crippen LogP contribution in [-0.4, -0.2) is 23.5 Å². The van der Waals surface area contributed by atoms with Crippen molar-refractivity contribution in [1.29, 1.82) is 0 Å². The molecule has 2 rings (SSSR count). The third-order valence-corrected chi connectivity index (χ3v) is 4.22. The number of rotatable bonds is 5. The van der Waals surface area contributed by atoms with Crippen LogP contribution >= 0.6 is 27.3 Å². The Kier molecular flexibility index (Phi) is 5.04. The van der Waals surface area contributed by atoms with Gasteiger partial charge in [0.2, 0.25) is 0 Å². The molecule has 2 aromatic rings. The van der Waals surface area contributed by atoms with E-state index in [2.05, 4.69) is 25.8 Å². The van der Waals surface area contributed by atoms with Gasteiger partial charge < -0.3 is 5.73 Å². The SMILES string of the molecule is CN(Cc1cscn1)C(CN)c1ccc(F)c(Br)c1. The zero-order valence-electron chi connectivity index (χ0n) is 10.5. The van der Waals surface area contributed by atoms with Gasteiger partial charge in [-0.15, -0.1) is 11.3 Å². The zero-order chi connectivity index (χ0) is 13.8. The first kappa shape index (κ1) is 14.6. The third-order valence-electron chi connectivity index (χ3n) is 2.98. The van der Waals surface area contributed by atoms with Crippen LogP contribution in [0.1, 0.15) is 17.3 Å². The molecule has 102 valence electrons. The van der Waals surface area contributed by atoms with E-state index in [1.165, 1.54) is 6.07 Å². The Bertz CT molecular complexity index is 533. The van der Waals surface area contributed by atoms with E-state index in [-0.39, 0.29) is 11.9 Å². The standard InChI is InChI=1S/C13H15BrFN3S/c1-18(6-10-7-19-8-17-10)13(5-16)9-2-3-12(15)11(14)4-9/h2-4,7-8,13H,5-6,16H2,1H3. The number of nitrogens with zero attached hydrogens (tertiary/aromatic N) is 2. The summed E-state index contributed by atoms with van der Waals surface area (Å²) in [6.45, 7) is 1.19. The van der Waals surface area contributed by atoms with Crippen LogP contribution in [0.5, 0.6) is 0 Å². The molecule has 0 fully saturated rings. The number of likely N-dealkylation sites (N-methyl/N-ethyl adjacent to an activating group) is 1. The molecular formula is C13H15BrFN3S. The minimum Gasteiger partial charge on any atom is -0.329 e. The Morgan fingerprint density at radius 3 is 2.89 bits per heavy atom. The van der Waals surface area contributed by atoms with Crippen LogP contribution in [0.15, 0.2) is 33.6 Å². The molecule has 0 saturated carbocycles. The molecule has 0 aliphatic heterocycles.